The molecule has 2 N–H and O–H groups in total. The normalized spacial score (nSPS) is 12.9. The van der Waals surface area contributed by atoms with E-state index in [9.17, 15) is 0 Å². The van der Waals surface area contributed by atoms with Crippen molar-refractivity contribution in [3.63, 3.8) is 0 Å². The lowest BCUT2D eigenvalue weighted by molar-refractivity contribution is 0.310. The van der Waals surface area contributed by atoms with Crippen LogP contribution in [0.3, 0.4) is 0 Å². The van der Waals surface area contributed by atoms with Gasteiger partial charge in [0.15, 0.2) is 0 Å². The molecule has 3 heteroatoms. The molecule has 0 fully saturated rings. The largest absolute Gasteiger partial charge is 0.411 e. The number of oxime groups is 1. The quantitative estimate of drug-likeness (QED) is 0.213. The van der Waals surface area contributed by atoms with Gasteiger partial charge in [0.2, 0.25) is 0 Å². The summed E-state index contributed by atoms with van der Waals surface area (Å²) in [6.07, 6.45) is 13.6. The van der Waals surface area contributed by atoms with Crippen LogP contribution in [0, 0.1) is 0 Å². The zero-order chi connectivity index (χ0) is 15.3. The molecule has 0 saturated carbocycles. The molecule has 0 saturated heterocycles. The molecular formula is C17H36N2O. The van der Waals surface area contributed by atoms with E-state index in [1.807, 2.05) is 6.92 Å². The van der Waals surface area contributed by atoms with Crippen molar-refractivity contribution in [2.45, 2.75) is 97.4 Å². The second kappa shape index (κ2) is 12.2. The average Bonchev–Trinajstić information content (AvgIpc) is 2.43. The van der Waals surface area contributed by atoms with Gasteiger partial charge in [-0.3, -0.25) is 0 Å². The number of unbranched alkanes of at least 4 members (excludes halogenated alkanes) is 9. The van der Waals surface area contributed by atoms with Gasteiger partial charge < -0.3 is 10.5 Å². The average molecular weight is 284 g/mol. The van der Waals surface area contributed by atoms with E-state index in [-0.39, 0.29) is 5.54 Å². The fourth-order valence-electron chi connectivity index (χ4n) is 2.27. The predicted octanol–water partition coefficient (Wildman–Crippen LogP) is 5.13. The lowest BCUT2D eigenvalue weighted by Gasteiger charge is -2.25. The Morgan fingerprint density at radius 2 is 1.35 bits per heavy atom. The van der Waals surface area contributed by atoms with Crippen molar-refractivity contribution in [3.05, 3.63) is 0 Å². The molecule has 0 aliphatic carbocycles. The highest BCUT2D eigenvalue weighted by molar-refractivity contribution is 5.90. The molecule has 0 amide bonds. The fourth-order valence-corrected chi connectivity index (χ4v) is 2.27. The van der Waals surface area contributed by atoms with E-state index in [4.69, 9.17) is 5.21 Å². The Morgan fingerprint density at radius 3 is 1.80 bits per heavy atom. The standard InChI is InChI=1S/C17H36N2O/c1-5-6-7-8-9-10-11-12-13-14-15-18-17(3,4)16(2)19-20/h18,20H,5-15H2,1-4H3/b19-16+. The maximum Gasteiger partial charge on any atom is 0.0734 e. The first-order valence-electron chi connectivity index (χ1n) is 8.48. The van der Waals surface area contributed by atoms with Crippen LogP contribution in [0.15, 0.2) is 5.16 Å². The van der Waals surface area contributed by atoms with Gasteiger partial charge in [-0.15, -0.1) is 0 Å². The maximum absolute atomic E-state index is 8.80. The maximum atomic E-state index is 8.80. The molecule has 0 aliphatic heterocycles. The number of hydrogen-bond acceptors (Lipinski definition) is 3. The third kappa shape index (κ3) is 10.2. The van der Waals surface area contributed by atoms with Crippen LogP contribution >= 0.6 is 0 Å². The van der Waals surface area contributed by atoms with Crippen molar-refractivity contribution in [1.82, 2.24) is 5.32 Å². The van der Waals surface area contributed by atoms with E-state index in [1.54, 1.807) is 0 Å². The summed E-state index contributed by atoms with van der Waals surface area (Å²) in [6, 6.07) is 0. The number of nitrogens with zero attached hydrogens (tertiary/aromatic N) is 1. The Balaban J connectivity index is 3.33. The van der Waals surface area contributed by atoms with E-state index in [0.29, 0.717) is 0 Å². The van der Waals surface area contributed by atoms with Crippen LogP contribution in [0.2, 0.25) is 0 Å². The Morgan fingerprint density at radius 1 is 0.900 bits per heavy atom. The van der Waals surface area contributed by atoms with E-state index in [0.717, 1.165) is 12.3 Å². The first kappa shape index (κ1) is 19.4. The van der Waals surface area contributed by atoms with Crippen LogP contribution in [0.4, 0.5) is 0 Å². The molecule has 0 heterocycles. The van der Waals surface area contributed by atoms with Crippen LogP contribution in [0.25, 0.3) is 0 Å². The molecule has 0 unspecified atom stereocenters. The molecular weight excluding hydrogens is 248 g/mol. The van der Waals surface area contributed by atoms with E-state index < -0.39 is 0 Å². The highest BCUT2D eigenvalue weighted by Crippen LogP contribution is 2.11. The number of hydrogen-bond donors (Lipinski definition) is 2. The van der Waals surface area contributed by atoms with Crippen LogP contribution in [-0.2, 0) is 0 Å². The van der Waals surface area contributed by atoms with Gasteiger partial charge in [0, 0.05) is 0 Å². The lowest BCUT2D eigenvalue weighted by Crippen LogP contribution is -2.46. The Hall–Kier alpha value is -0.570. The fraction of sp³-hybridized carbons (Fsp3) is 0.941. The number of rotatable bonds is 13. The first-order chi connectivity index (χ1) is 9.54. The minimum atomic E-state index is -0.200. The molecule has 0 spiro atoms. The topological polar surface area (TPSA) is 44.6 Å². The van der Waals surface area contributed by atoms with Gasteiger partial charge in [-0.25, -0.2) is 0 Å². The second-order valence-electron chi connectivity index (χ2n) is 6.42. The van der Waals surface area contributed by atoms with Crippen molar-refractivity contribution in [3.8, 4) is 0 Å². The van der Waals surface area contributed by atoms with E-state index in [1.165, 1.54) is 64.2 Å². The second-order valence-corrected chi connectivity index (χ2v) is 6.42. The summed E-state index contributed by atoms with van der Waals surface area (Å²) in [5.74, 6) is 0. The molecule has 0 aromatic rings. The summed E-state index contributed by atoms with van der Waals surface area (Å²) in [5.41, 5.74) is 0.540. The predicted molar refractivity (Wildman–Crippen MR) is 88.8 cm³/mol. The van der Waals surface area contributed by atoms with E-state index in [2.05, 4.69) is 31.2 Å². The Kier molecular flexibility index (Phi) is 11.8. The monoisotopic (exact) mass is 284 g/mol. The van der Waals surface area contributed by atoms with Gasteiger partial charge >= 0.3 is 0 Å². The highest BCUT2D eigenvalue weighted by atomic mass is 16.4. The molecule has 0 aliphatic rings. The molecule has 0 aromatic carbocycles. The molecule has 0 aromatic heterocycles. The minimum absolute atomic E-state index is 0.200. The van der Waals surface area contributed by atoms with Crippen LogP contribution in [0.1, 0.15) is 91.9 Å². The summed E-state index contributed by atoms with van der Waals surface area (Å²) < 4.78 is 0. The first-order valence-corrected chi connectivity index (χ1v) is 8.48. The van der Waals surface area contributed by atoms with Gasteiger partial charge in [0.05, 0.1) is 11.3 Å². The molecule has 0 radical (unpaired) electrons. The van der Waals surface area contributed by atoms with E-state index >= 15 is 0 Å². The molecule has 120 valence electrons. The summed E-state index contributed by atoms with van der Waals surface area (Å²) in [7, 11) is 0. The van der Waals surface area contributed by atoms with Gasteiger partial charge in [-0.1, -0.05) is 69.9 Å². The molecule has 0 atom stereocenters. The van der Waals surface area contributed by atoms with Crippen molar-refractivity contribution in [2.75, 3.05) is 6.54 Å². The molecule has 3 nitrogen and oxygen atoms in total. The number of nitrogens with one attached hydrogen (secondary N) is 1. The smallest absolute Gasteiger partial charge is 0.0734 e. The van der Waals surface area contributed by atoms with Crippen LogP contribution in [-0.4, -0.2) is 23.0 Å². The van der Waals surface area contributed by atoms with Gasteiger partial charge in [0.1, 0.15) is 0 Å². The summed E-state index contributed by atoms with van der Waals surface area (Å²) in [4.78, 5) is 0. The molecule has 0 bridgehead atoms. The lowest BCUT2D eigenvalue weighted by atomic mass is 9.99. The zero-order valence-electron chi connectivity index (χ0n) is 14.2. The SMILES string of the molecule is CCCCCCCCCCCCNC(C)(C)/C(C)=N/O. The zero-order valence-corrected chi connectivity index (χ0v) is 14.2. The van der Waals surface area contributed by atoms with Gasteiger partial charge in [0.25, 0.3) is 0 Å². The van der Waals surface area contributed by atoms with Crippen molar-refractivity contribution in [2.24, 2.45) is 5.16 Å². The Bertz CT molecular complexity index is 249. The third-order valence-electron chi connectivity index (χ3n) is 4.15. The Labute approximate surface area is 126 Å². The summed E-state index contributed by atoms with van der Waals surface area (Å²) in [5, 5.41) is 15.5. The third-order valence-corrected chi connectivity index (χ3v) is 4.15. The van der Waals surface area contributed by atoms with Crippen molar-refractivity contribution >= 4 is 5.71 Å². The van der Waals surface area contributed by atoms with Crippen molar-refractivity contribution in [1.29, 1.82) is 0 Å². The van der Waals surface area contributed by atoms with Gasteiger partial charge in [-0.2, -0.15) is 0 Å². The molecule has 0 rings (SSSR count). The van der Waals surface area contributed by atoms with Gasteiger partial charge in [-0.05, 0) is 33.7 Å². The van der Waals surface area contributed by atoms with Crippen molar-refractivity contribution < 1.29 is 5.21 Å². The minimum Gasteiger partial charge on any atom is -0.411 e. The summed E-state index contributed by atoms with van der Waals surface area (Å²) >= 11 is 0. The van der Waals surface area contributed by atoms with Crippen LogP contribution < -0.4 is 5.32 Å². The highest BCUT2D eigenvalue weighted by Gasteiger charge is 2.20. The molecule has 20 heavy (non-hydrogen) atoms. The van der Waals surface area contributed by atoms with Crippen LogP contribution in [0.5, 0.6) is 0 Å². The summed E-state index contributed by atoms with van der Waals surface area (Å²) in [6.45, 7) is 9.22.